The summed E-state index contributed by atoms with van der Waals surface area (Å²) >= 11 is 6.21. The number of carbonyl (C=O) groups is 2. The number of halogens is 1. The summed E-state index contributed by atoms with van der Waals surface area (Å²) in [6, 6.07) is 16.4. The third-order valence-corrected chi connectivity index (χ3v) is 5.45. The number of methoxy groups -OCH3 is 1. The molecule has 2 aromatic carbocycles. The minimum Gasteiger partial charge on any atom is -0.507 e. The maximum Gasteiger partial charge on any atom is 0.301 e. The molecule has 156 valence electrons. The van der Waals surface area contributed by atoms with Crippen LogP contribution in [0.25, 0.3) is 5.76 Å². The normalized spacial score (nSPS) is 17.8. The molecule has 0 bridgehead atoms. The summed E-state index contributed by atoms with van der Waals surface area (Å²) in [6.45, 7) is 1.94. The van der Waals surface area contributed by atoms with Gasteiger partial charge in [-0.1, -0.05) is 47.5 Å². The lowest BCUT2D eigenvalue weighted by molar-refractivity contribution is -0.132. The molecule has 1 aliphatic heterocycles. The Bertz CT molecular complexity index is 1190. The molecule has 31 heavy (non-hydrogen) atoms. The van der Waals surface area contributed by atoms with Gasteiger partial charge in [-0.3, -0.25) is 14.5 Å². The van der Waals surface area contributed by atoms with Crippen LogP contribution >= 0.6 is 11.6 Å². The van der Waals surface area contributed by atoms with Crippen LogP contribution in [0.2, 0.25) is 5.02 Å². The fourth-order valence-electron chi connectivity index (χ4n) is 3.60. The van der Waals surface area contributed by atoms with Gasteiger partial charge in [0.05, 0.1) is 23.7 Å². The van der Waals surface area contributed by atoms with Crippen molar-refractivity contribution in [2.75, 3.05) is 12.0 Å². The Morgan fingerprint density at radius 1 is 1.10 bits per heavy atom. The van der Waals surface area contributed by atoms with E-state index in [9.17, 15) is 14.7 Å². The number of amides is 1. The minimum absolute atomic E-state index is 0.0271. The molecule has 2 heterocycles. The van der Waals surface area contributed by atoms with E-state index in [0.29, 0.717) is 22.7 Å². The highest BCUT2D eigenvalue weighted by Gasteiger charge is 2.47. The van der Waals surface area contributed by atoms with Crippen molar-refractivity contribution in [3.05, 3.63) is 94.1 Å². The van der Waals surface area contributed by atoms with Crippen LogP contribution in [-0.4, -0.2) is 28.9 Å². The Morgan fingerprint density at radius 2 is 1.84 bits per heavy atom. The molecule has 6 nitrogen and oxygen atoms in total. The first kappa shape index (κ1) is 20.6. The molecule has 1 atom stereocenters. The van der Waals surface area contributed by atoms with Gasteiger partial charge in [0, 0.05) is 11.8 Å². The summed E-state index contributed by atoms with van der Waals surface area (Å²) in [6.07, 6.45) is 1.55. The van der Waals surface area contributed by atoms with Gasteiger partial charge >= 0.3 is 5.91 Å². The highest BCUT2D eigenvalue weighted by atomic mass is 35.5. The van der Waals surface area contributed by atoms with Crippen molar-refractivity contribution in [1.29, 1.82) is 0 Å². The number of carbonyl (C=O) groups excluding carboxylic acids is 2. The smallest absolute Gasteiger partial charge is 0.301 e. The second kappa shape index (κ2) is 8.24. The predicted molar refractivity (Wildman–Crippen MR) is 118 cm³/mol. The second-order valence-corrected chi connectivity index (χ2v) is 7.52. The Hall–Kier alpha value is -3.64. The number of pyridine rings is 1. The topological polar surface area (TPSA) is 79.7 Å². The van der Waals surface area contributed by atoms with E-state index in [-0.39, 0.29) is 16.4 Å². The summed E-state index contributed by atoms with van der Waals surface area (Å²) in [5, 5.41) is 11.4. The van der Waals surface area contributed by atoms with Crippen LogP contribution in [0.3, 0.4) is 0 Å². The molecule has 4 rings (SSSR count). The van der Waals surface area contributed by atoms with E-state index in [1.165, 1.54) is 18.1 Å². The lowest BCUT2D eigenvalue weighted by atomic mass is 9.94. The van der Waals surface area contributed by atoms with Crippen LogP contribution in [0.1, 0.15) is 22.7 Å². The molecular formula is C24H19ClN2O4. The Kier molecular flexibility index (Phi) is 5.48. The average Bonchev–Trinajstić information content (AvgIpc) is 3.05. The third-order valence-electron chi connectivity index (χ3n) is 5.16. The standard InChI is InChI=1S/C24H19ClN2O4/c1-14-6-8-15(9-7-14)21-20(22(28)16-10-11-18(31-2)17(25)13-16)23(29)24(30)27(21)19-5-3-4-12-26-19/h3-13,21,28H,1-2H3. The summed E-state index contributed by atoms with van der Waals surface area (Å²) in [5.41, 5.74) is 1.99. The highest BCUT2D eigenvalue weighted by Crippen LogP contribution is 2.42. The Morgan fingerprint density at radius 3 is 2.45 bits per heavy atom. The minimum atomic E-state index is -0.837. The number of nitrogens with zero attached hydrogens (tertiary/aromatic N) is 2. The molecule has 3 aromatic rings. The number of ketones is 1. The summed E-state index contributed by atoms with van der Waals surface area (Å²) in [5.74, 6) is -1.11. The second-order valence-electron chi connectivity index (χ2n) is 7.12. The molecule has 7 heteroatoms. The zero-order valence-corrected chi connectivity index (χ0v) is 17.6. The van der Waals surface area contributed by atoms with Crippen LogP contribution in [-0.2, 0) is 9.59 Å². The van der Waals surface area contributed by atoms with E-state index >= 15 is 0 Å². The van der Waals surface area contributed by atoms with Crippen molar-refractivity contribution < 1.29 is 19.4 Å². The highest BCUT2D eigenvalue weighted by molar-refractivity contribution is 6.51. The largest absolute Gasteiger partial charge is 0.507 e. The van der Waals surface area contributed by atoms with Gasteiger partial charge in [0.1, 0.15) is 17.3 Å². The van der Waals surface area contributed by atoms with E-state index in [0.717, 1.165) is 5.56 Å². The van der Waals surface area contributed by atoms with Crippen LogP contribution in [0.5, 0.6) is 5.75 Å². The Labute approximate surface area is 184 Å². The quantitative estimate of drug-likeness (QED) is 0.366. The lowest BCUT2D eigenvalue weighted by Gasteiger charge is -2.24. The van der Waals surface area contributed by atoms with Crippen LogP contribution < -0.4 is 9.64 Å². The fourth-order valence-corrected chi connectivity index (χ4v) is 3.86. The number of benzene rings is 2. The van der Waals surface area contributed by atoms with Crippen molar-refractivity contribution >= 4 is 34.9 Å². The molecule has 1 N–H and O–H groups in total. The number of rotatable bonds is 4. The van der Waals surface area contributed by atoms with Gasteiger partial charge in [0.15, 0.2) is 0 Å². The SMILES string of the molecule is COc1ccc(C(O)=C2C(=O)C(=O)N(c3ccccn3)C2c2ccc(C)cc2)cc1Cl. The van der Waals surface area contributed by atoms with Gasteiger partial charge < -0.3 is 9.84 Å². The van der Waals surface area contributed by atoms with Crippen LogP contribution in [0.4, 0.5) is 5.82 Å². The van der Waals surface area contributed by atoms with Crippen molar-refractivity contribution in [1.82, 2.24) is 4.98 Å². The van der Waals surface area contributed by atoms with E-state index < -0.39 is 17.7 Å². The summed E-state index contributed by atoms with van der Waals surface area (Å²) < 4.78 is 5.15. The van der Waals surface area contributed by atoms with E-state index in [2.05, 4.69) is 4.98 Å². The maximum atomic E-state index is 13.1. The monoisotopic (exact) mass is 434 g/mol. The first-order valence-corrected chi connectivity index (χ1v) is 9.92. The number of anilines is 1. The molecule has 1 unspecified atom stereocenters. The van der Waals surface area contributed by atoms with Crippen LogP contribution in [0.15, 0.2) is 72.4 Å². The number of aliphatic hydroxyl groups excluding tert-OH is 1. The van der Waals surface area contributed by atoms with Crippen molar-refractivity contribution in [2.24, 2.45) is 0 Å². The molecule has 0 spiro atoms. The maximum absolute atomic E-state index is 13.1. The molecule has 0 aliphatic carbocycles. The number of hydrogen-bond acceptors (Lipinski definition) is 5. The molecule has 1 saturated heterocycles. The third kappa shape index (κ3) is 3.66. The number of aliphatic hydroxyl groups is 1. The zero-order chi connectivity index (χ0) is 22.1. The van der Waals surface area contributed by atoms with Gasteiger partial charge in [0.2, 0.25) is 0 Å². The first-order chi connectivity index (χ1) is 14.9. The predicted octanol–water partition coefficient (Wildman–Crippen LogP) is 4.68. The number of ether oxygens (including phenoxy) is 1. The zero-order valence-electron chi connectivity index (χ0n) is 16.9. The molecule has 1 aromatic heterocycles. The first-order valence-electron chi connectivity index (χ1n) is 9.55. The molecule has 1 amide bonds. The van der Waals surface area contributed by atoms with Crippen molar-refractivity contribution in [3.63, 3.8) is 0 Å². The number of aryl methyl sites for hydroxylation is 1. The van der Waals surface area contributed by atoms with Crippen LogP contribution in [0, 0.1) is 6.92 Å². The van der Waals surface area contributed by atoms with Gasteiger partial charge in [-0.2, -0.15) is 0 Å². The van der Waals surface area contributed by atoms with Gasteiger partial charge in [-0.25, -0.2) is 4.98 Å². The van der Waals surface area contributed by atoms with E-state index in [4.69, 9.17) is 16.3 Å². The molecule has 0 radical (unpaired) electrons. The number of aromatic nitrogens is 1. The summed E-state index contributed by atoms with van der Waals surface area (Å²) in [7, 11) is 1.48. The van der Waals surface area contributed by atoms with Gasteiger partial charge in [0.25, 0.3) is 5.78 Å². The lowest BCUT2D eigenvalue weighted by Crippen LogP contribution is -2.30. The summed E-state index contributed by atoms with van der Waals surface area (Å²) in [4.78, 5) is 31.6. The van der Waals surface area contributed by atoms with Crippen molar-refractivity contribution in [3.8, 4) is 5.75 Å². The average molecular weight is 435 g/mol. The fraction of sp³-hybridized carbons (Fsp3) is 0.125. The molecule has 1 fully saturated rings. The van der Waals surface area contributed by atoms with Crippen molar-refractivity contribution in [2.45, 2.75) is 13.0 Å². The number of Topliss-reactive ketones (excluding diaryl/α,β-unsaturated/α-hetero) is 1. The Balaban J connectivity index is 1.93. The number of hydrogen-bond donors (Lipinski definition) is 1. The van der Waals surface area contributed by atoms with E-state index in [1.807, 2.05) is 31.2 Å². The van der Waals surface area contributed by atoms with Gasteiger partial charge in [-0.15, -0.1) is 0 Å². The molecular weight excluding hydrogens is 416 g/mol. The van der Waals surface area contributed by atoms with E-state index in [1.54, 1.807) is 36.5 Å². The van der Waals surface area contributed by atoms with Gasteiger partial charge in [-0.05, 0) is 42.8 Å². The molecule has 0 saturated carbocycles. The molecule has 1 aliphatic rings.